The lowest BCUT2D eigenvalue weighted by Crippen LogP contribution is -2.51. The summed E-state index contributed by atoms with van der Waals surface area (Å²) in [5.74, 6) is 0.672. The summed E-state index contributed by atoms with van der Waals surface area (Å²) < 4.78 is 40.0. The Bertz CT molecular complexity index is 1250. The largest absolute Gasteiger partial charge is 0.497 e. The molecule has 214 valence electrons. The first-order valence-corrected chi connectivity index (χ1v) is 15.5. The van der Waals surface area contributed by atoms with Crippen molar-refractivity contribution in [1.82, 2.24) is 24.4 Å². The normalized spacial score (nSPS) is 22.7. The van der Waals surface area contributed by atoms with Gasteiger partial charge in [0, 0.05) is 51.4 Å². The van der Waals surface area contributed by atoms with Gasteiger partial charge in [-0.3, -0.25) is 9.69 Å². The third-order valence-electron chi connectivity index (χ3n) is 8.45. The first-order chi connectivity index (χ1) is 18.7. The first-order valence-electron chi connectivity index (χ1n) is 14.0. The van der Waals surface area contributed by atoms with Crippen molar-refractivity contribution in [3.8, 4) is 5.75 Å². The maximum absolute atomic E-state index is 13.8. The van der Waals surface area contributed by atoms with Crippen molar-refractivity contribution in [3.63, 3.8) is 0 Å². The second-order valence-electron chi connectivity index (χ2n) is 11.2. The Kier molecular flexibility index (Phi) is 8.32. The van der Waals surface area contributed by atoms with Crippen LogP contribution in [0.4, 0.5) is 0 Å². The van der Waals surface area contributed by atoms with Gasteiger partial charge in [-0.2, -0.15) is 4.31 Å². The number of carbonyl (C=O) groups excluding carboxylic acids is 1. The van der Waals surface area contributed by atoms with E-state index in [9.17, 15) is 13.2 Å². The van der Waals surface area contributed by atoms with Crippen LogP contribution in [0.25, 0.3) is 0 Å². The highest BCUT2D eigenvalue weighted by atomic mass is 32.2. The number of hydrogen-bond acceptors (Lipinski definition) is 8. The zero-order valence-electron chi connectivity index (χ0n) is 23.5. The number of aromatic nitrogens is 1. The van der Waals surface area contributed by atoms with Gasteiger partial charge < -0.3 is 19.4 Å². The van der Waals surface area contributed by atoms with E-state index in [0.29, 0.717) is 22.9 Å². The van der Waals surface area contributed by atoms with E-state index < -0.39 is 10.0 Å². The minimum atomic E-state index is -3.81. The van der Waals surface area contributed by atoms with Crippen molar-refractivity contribution in [2.75, 3.05) is 40.3 Å². The first kappa shape index (κ1) is 28.1. The number of rotatable bonds is 9. The van der Waals surface area contributed by atoms with E-state index in [0.717, 1.165) is 64.7 Å². The van der Waals surface area contributed by atoms with Crippen LogP contribution < -0.4 is 10.1 Å². The summed E-state index contributed by atoms with van der Waals surface area (Å²) in [5, 5.41) is 3.41. The minimum Gasteiger partial charge on any atom is -0.497 e. The summed E-state index contributed by atoms with van der Waals surface area (Å²) in [6, 6.07) is 4.13. The van der Waals surface area contributed by atoms with Gasteiger partial charge in [-0.15, -0.1) is 0 Å². The number of sulfonamides is 1. The lowest BCUT2D eigenvalue weighted by Gasteiger charge is -2.41. The number of nitrogens with zero attached hydrogens (tertiary/aromatic N) is 4. The third-order valence-corrected chi connectivity index (χ3v) is 10.7. The average molecular weight is 560 g/mol. The van der Waals surface area contributed by atoms with E-state index in [4.69, 9.17) is 9.15 Å². The molecule has 2 aromatic rings. The van der Waals surface area contributed by atoms with Gasteiger partial charge in [0.25, 0.3) is 5.91 Å². The van der Waals surface area contributed by atoms with Crippen molar-refractivity contribution < 1.29 is 22.4 Å². The fourth-order valence-corrected chi connectivity index (χ4v) is 8.19. The fourth-order valence-electron chi connectivity index (χ4n) is 6.14. The highest BCUT2D eigenvalue weighted by molar-refractivity contribution is 7.89. The molecule has 1 saturated heterocycles. The maximum Gasteiger partial charge on any atom is 0.275 e. The summed E-state index contributed by atoms with van der Waals surface area (Å²) in [6.07, 6.45) is 7.06. The van der Waals surface area contributed by atoms with Crippen molar-refractivity contribution in [2.24, 2.45) is 0 Å². The standard InChI is InChI=1S/C28H41N5O5S/c1-19-15-24(37-4)16-20(2)27(19)39(35,36)33(23-9-10-23)17-26-30-25(18-38-26)28(34)31(3)21-5-7-22(8-6-21)32-13-11-29-12-14-32/h15-16,18,21-23,29H,5-14,17H2,1-4H3. The molecule has 0 atom stereocenters. The number of carbonyl (C=O) groups is 1. The van der Waals surface area contributed by atoms with Crippen LogP contribution in [0.15, 0.2) is 27.7 Å². The third kappa shape index (κ3) is 6.01. The number of benzene rings is 1. The Balaban J connectivity index is 1.25. The molecular weight excluding hydrogens is 518 g/mol. The summed E-state index contributed by atoms with van der Waals surface area (Å²) in [4.78, 5) is 22.4. The van der Waals surface area contributed by atoms with Gasteiger partial charge in [-0.25, -0.2) is 13.4 Å². The van der Waals surface area contributed by atoms with E-state index >= 15 is 0 Å². The molecule has 0 radical (unpaired) electrons. The van der Waals surface area contributed by atoms with Crippen LogP contribution in [0.1, 0.15) is 66.0 Å². The molecule has 39 heavy (non-hydrogen) atoms. The number of methoxy groups -OCH3 is 1. The Hall–Kier alpha value is -2.47. The van der Waals surface area contributed by atoms with Crippen molar-refractivity contribution in [2.45, 2.75) is 81.9 Å². The summed E-state index contributed by atoms with van der Waals surface area (Å²) in [7, 11) is -0.405. The lowest BCUT2D eigenvalue weighted by atomic mass is 9.89. The number of hydrogen-bond donors (Lipinski definition) is 1. The highest BCUT2D eigenvalue weighted by Crippen LogP contribution is 2.36. The molecule has 2 aliphatic carbocycles. The molecule has 1 N–H and O–H groups in total. The molecule has 3 aliphatic rings. The smallest absolute Gasteiger partial charge is 0.275 e. The Morgan fingerprint density at radius 2 is 1.69 bits per heavy atom. The molecule has 11 heteroatoms. The summed E-state index contributed by atoms with van der Waals surface area (Å²) >= 11 is 0. The zero-order valence-corrected chi connectivity index (χ0v) is 24.3. The number of amides is 1. The number of oxazole rings is 1. The molecular formula is C28H41N5O5S. The van der Waals surface area contributed by atoms with Crippen LogP contribution in [0.3, 0.4) is 0 Å². The predicted octanol–water partition coefficient (Wildman–Crippen LogP) is 2.94. The van der Waals surface area contributed by atoms with E-state index in [2.05, 4.69) is 15.2 Å². The maximum atomic E-state index is 13.8. The molecule has 2 saturated carbocycles. The monoisotopic (exact) mass is 559 g/mol. The van der Waals surface area contributed by atoms with E-state index in [1.165, 1.54) is 10.6 Å². The molecule has 1 aromatic heterocycles. The molecule has 2 heterocycles. The zero-order chi connectivity index (χ0) is 27.7. The lowest BCUT2D eigenvalue weighted by molar-refractivity contribution is 0.0611. The number of piperazine rings is 1. The van der Waals surface area contributed by atoms with E-state index in [1.54, 1.807) is 38.0 Å². The van der Waals surface area contributed by atoms with Crippen molar-refractivity contribution in [3.05, 3.63) is 41.1 Å². The Morgan fingerprint density at radius 1 is 1.08 bits per heavy atom. The van der Waals surface area contributed by atoms with Crippen molar-refractivity contribution in [1.29, 1.82) is 0 Å². The molecule has 0 spiro atoms. The fraction of sp³-hybridized carbons (Fsp3) is 0.643. The summed E-state index contributed by atoms with van der Waals surface area (Å²) in [5.41, 5.74) is 1.49. The minimum absolute atomic E-state index is 0.00922. The molecule has 1 aromatic carbocycles. The average Bonchev–Trinajstić information content (AvgIpc) is 3.67. The van der Waals surface area contributed by atoms with Crippen molar-refractivity contribution >= 4 is 15.9 Å². The Labute approximate surface area is 231 Å². The molecule has 3 fully saturated rings. The highest BCUT2D eigenvalue weighted by Gasteiger charge is 2.40. The second-order valence-corrected chi connectivity index (χ2v) is 13.0. The van der Waals surface area contributed by atoms with E-state index in [-0.39, 0.29) is 41.0 Å². The number of ether oxygens (including phenoxy) is 1. The van der Waals surface area contributed by atoms with Gasteiger partial charge in [-0.1, -0.05) is 0 Å². The molecule has 1 amide bonds. The van der Waals surface area contributed by atoms with Gasteiger partial charge in [0.15, 0.2) is 5.69 Å². The van der Waals surface area contributed by atoms with Gasteiger partial charge in [0.05, 0.1) is 18.6 Å². The Morgan fingerprint density at radius 3 is 2.28 bits per heavy atom. The molecule has 0 bridgehead atoms. The predicted molar refractivity (Wildman–Crippen MR) is 147 cm³/mol. The number of aryl methyl sites for hydroxylation is 2. The summed E-state index contributed by atoms with van der Waals surface area (Å²) in [6.45, 7) is 7.83. The van der Waals surface area contributed by atoms with Gasteiger partial charge in [-0.05, 0) is 75.6 Å². The van der Waals surface area contributed by atoms with Gasteiger partial charge in [0.1, 0.15) is 12.0 Å². The van der Waals surface area contributed by atoms with Crippen LogP contribution in [-0.2, 0) is 16.6 Å². The molecule has 5 rings (SSSR count). The second kappa shape index (κ2) is 11.6. The van der Waals surface area contributed by atoms with Crippen LogP contribution in [0.2, 0.25) is 0 Å². The molecule has 10 nitrogen and oxygen atoms in total. The van der Waals surface area contributed by atoms with Crippen LogP contribution >= 0.6 is 0 Å². The number of nitrogens with one attached hydrogen (secondary N) is 1. The molecule has 1 aliphatic heterocycles. The van der Waals surface area contributed by atoms with Gasteiger partial charge >= 0.3 is 0 Å². The van der Waals surface area contributed by atoms with Crippen LogP contribution in [0.5, 0.6) is 5.75 Å². The van der Waals surface area contributed by atoms with Crippen LogP contribution in [-0.4, -0.2) is 91.9 Å². The quantitative estimate of drug-likeness (QED) is 0.500. The topological polar surface area (TPSA) is 108 Å². The SMILES string of the molecule is COc1cc(C)c(S(=O)(=O)N(Cc2nc(C(=O)N(C)C3CCC(N4CCNCC4)CC3)co2)C2CC2)c(C)c1. The van der Waals surface area contributed by atoms with E-state index in [1.807, 2.05) is 7.05 Å². The molecule has 0 unspecified atom stereocenters. The van der Waals surface area contributed by atoms with Crippen LogP contribution in [0, 0.1) is 13.8 Å². The van der Waals surface area contributed by atoms with Gasteiger partial charge in [0.2, 0.25) is 15.9 Å².